The van der Waals surface area contributed by atoms with Crippen molar-refractivity contribution in [1.29, 1.82) is 0 Å². The van der Waals surface area contributed by atoms with Crippen molar-refractivity contribution in [3.8, 4) is 0 Å². The van der Waals surface area contributed by atoms with Crippen molar-refractivity contribution in [2.24, 2.45) is 0 Å². The molecule has 0 radical (unpaired) electrons. The summed E-state index contributed by atoms with van der Waals surface area (Å²) in [6.45, 7) is 2.18. The van der Waals surface area contributed by atoms with Crippen LogP contribution in [0.5, 0.6) is 0 Å². The number of fused-ring (bicyclic) bond motifs is 1. The van der Waals surface area contributed by atoms with Crippen LogP contribution in [0.3, 0.4) is 0 Å². The highest BCUT2D eigenvalue weighted by Crippen LogP contribution is 2.30. The van der Waals surface area contributed by atoms with Gasteiger partial charge in [-0.3, -0.25) is 3.97 Å². The van der Waals surface area contributed by atoms with Crippen LogP contribution in [-0.2, 0) is 6.61 Å². The van der Waals surface area contributed by atoms with E-state index in [0.29, 0.717) is 0 Å². The lowest BCUT2D eigenvalue weighted by Gasteiger charge is -2.01. The number of halogens is 1. The lowest BCUT2D eigenvalue weighted by atomic mass is 10.1. The maximum Gasteiger partial charge on any atom is 0.0688 e. The first-order chi connectivity index (χ1) is 6.77. The molecule has 4 heteroatoms. The molecule has 0 bridgehead atoms. The van der Waals surface area contributed by atoms with Crippen LogP contribution < -0.4 is 0 Å². The molecule has 0 unspecified atom stereocenters. The van der Waals surface area contributed by atoms with Crippen molar-refractivity contribution >= 4 is 41.2 Å². The number of hydrogen-bond acceptors (Lipinski definition) is 2. The third-order valence-electron chi connectivity index (χ3n) is 2.32. The first-order valence-electron chi connectivity index (χ1n) is 4.27. The lowest BCUT2D eigenvalue weighted by Crippen LogP contribution is -1.85. The summed E-state index contributed by atoms with van der Waals surface area (Å²) < 4.78 is 2.12. The molecule has 0 aliphatic carbocycles. The quantitative estimate of drug-likeness (QED) is 0.860. The van der Waals surface area contributed by atoms with E-state index in [1.807, 2.05) is 12.1 Å². The fraction of sp³-hybridized carbons (Fsp3) is 0.200. The van der Waals surface area contributed by atoms with Gasteiger partial charge in [0.25, 0.3) is 0 Å². The molecular weight excluding hydrogens is 309 g/mol. The molecule has 0 atom stereocenters. The Balaban J connectivity index is 2.81. The van der Waals surface area contributed by atoms with E-state index >= 15 is 0 Å². The monoisotopic (exact) mass is 319 g/mol. The minimum atomic E-state index is 0.105. The van der Waals surface area contributed by atoms with E-state index in [4.69, 9.17) is 0 Å². The molecule has 0 spiro atoms. The zero-order valence-corrected chi connectivity index (χ0v) is 10.7. The molecule has 1 N–H and O–H groups in total. The second kappa shape index (κ2) is 4.12. The molecule has 2 nitrogen and oxygen atoms in total. The van der Waals surface area contributed by atoms with Gasteiger partial charge in [0.2, 0.25) is 0 Å². The molecule has 0 aliphatic heterocycles. The number of hydrogen-bond donors (Lipinski definition) is 1. The third-order valence-corrected chi connectivity index (χ3v) is 4.04. The Bertz CT molecular complexity index is 466. The molecular formula is C10H10INOS. The summed E-state index contributed by atoms with van der Waals surface area (Å²) in [5.74, 6) is 0. The minimum absolute atomic E-state index is 0.105. The maximum atomic E-state index is 9.22. The van der Waals surface area contributed by atoms with Crippen molar-refractivity contribution in [2.75, 3.05) is 0 Å². The number of aryl methyl sites for hydroxylation is 1. The number of aliphatic hydroxyl groups is 1. The molecule has 1 aromatic carbocycles. The predicted octanol–water partition coefficient (Wildman–Crippen LogP) is 3.29. The Kier molecular flexibility index (Phi) is 3.04. The van der Waals surface area contributed by atoms with Gasteiger partial charge < -0.3 is 5.11 Å². The summed E-state index contributed by atoms with van der Waals surface area (Å²) in [6.07, 6.45) is 2.10. The summed E-state index contributed by atoms with van der Waals surface area (Å²) in [5.41, 5.74) is 3.39. The summed E-state index contributed by atoms with van der Waals surface area (Å²) >= 11 is 2.26. The fourth-order valence-electron chi connectivity index (χ4n) is 1.72. The number of aliphatic hydroxyl groups excluding tert-OH is 1. The standard InChI is InChI=1S/C10H10INOS/c1-7-5-12(14-11)9-4-2-3-8(6-13)10(7)9/h2-5,13H,6H2,1H3. The van der Waals surface area contributed by atoms with Gasteiger partial charge in [0.15, 0.2) is 0 Å². The van der Waals surface area contributed by atoms with Crippen LogP contribution in [0.2, 0.25) is 0 Å². The van der Waals surface area contributed by atoms with Crippen LogP contribution in [0.4, 0.5) is 0 Å². The van der Waals surface area contributed by atoms with Gasteiger partial charge in [0.1, 0.15) is 0 Å². The van der Waals surface area contributed by atoms with Crippen LogP contribution in [0, 0.1) is 6.92 Å². The Morgan fingerprint density at radius 2 is 2.29 bits per heavy atom. The maximum absolute atomic E-state index is 9.22. The highest BCUT2D eigenvalue weighted by Gasteiger charge is 2.08. The SMILES string of the molecule is Cc1cn(SI)c2cccc(CO)c12. The highest BCUT2D eigenvalue weighted by molar-refractivity contribution is 14.2. The second-order valence-corrected chi connectivity index (χ2v) is 4.89. The van der Waals surface area contributed by atoms with Crippen molar-refractivity contribution in [1.82, 2.24) is 3.97 Å². The Hall–Kier alpha value is -0.200. The molecule has 0 fully saturated rings. The third kappa shape index (κ3) is 1.55. The van der Waals surface area contributed by atoms with Gasteiger partial charge in [-0.05, 0) is 24.1 Å². The second-order valence-electron chi connectivity index (χ2n) is 3.18. The zero-order chi connectivity index (χ0) is 10.1. The van der Waals surface area contributed by atoms with E-state index in [0.717, 1.165) is 5.56 Å². The topological polar surface area (TPSA) is 25.2 Å². The van der Waals surface area contributed by atoms with Crippen molar-refractivity contribution in [3.05, 3.63) is 35.5 Å². The van der Waals surface area contributed by atoms with Crippen LogP contribution in [0.25, 0.3) is 10.9 Å². The molecule has 14 heavy (non-hydrogen) atoms. The van der Waals surface area contributed by atoms with Gasteiger partial charge in [0, 0.05) is 41.9 Å². The van der Waals surface area contributed by atoms with E-state index in [2.05, 4.69) is 44.4 Å². The normalized spacial score (nSPS) is 11.1. The van der Waals surface area contributed by atoms with Gasteiger partial charge in [-0.1, -0.05) is 12.1 Å². The Labute approximate surface area is 99.0 Å². The fourth-order valence-corrected chi connectivity index (χ4v) is 3.13. The average molecular weight is 319 g/mol. The van der Waals surface area contributed by atoms with Crippen molar-refractivity contribution in [2.45, 2.75) is 13.5 Å². The molecule has 0 saturated carbocycles. The first-order valence-corrected chi connectivity index (χ1v) is 7.59. The molecule has 1 aromatic heterocycles. The molecule has 2 aromatic rings. The van der Waals surface area contributed by atoms with Gasteiger partial charge >= 0.3 is 0 Å². The van der Waals surface area contributed by atoms with Crippen LogP contribution in [-0.4, -0.2) is 9.08 Å². The Morgan fingerprint density at radius 1 is 1.50 bits per heavy atom. The lowest BCUT2D eigenvalue weighted by molar-refractivity contribution is 0.283. The number of rotatable bonds is 2. The summed E-state index contributed by atoms with van der Waals surface area (Å²) in [5, 5.41) is 10.4. The van der Waals surface area contributed by atoms with Gasteiger partial charge in [-0.25, -0.2) is 0 Å². The molecule has 74 valence electrons. The molecule has 0 amide bonds. The van der Waals surface area contributed by atoms with Crippen molar-refractivity contribution in [3.63, 3.8) is 0 Å². The van der Waals surface area contributed by atoms with E-state index < -0.39 is 0 Å². The van der Waals surface area contributed by atoms with E-state index in [1.54, 1.807) is 9.12 Å². The predicted molar refractivity (Wildman–Crippen MR) is 69.6 cm³/mol. The summed E-state index contributed by atoms with van der Waals surface area (Å²) in [4.78, 5) is 0. The number of nitrogens with zero attached hydrogens (tertiary/aromatic N) is 1. The summed E-state index contributed by atoms with van der Waals surface area (Å²) in [7, 11) is 1.64. The van der Waals surface area contributed by atoms with Gasteiger partial charge in [-0.15, -0.1) is 0 Å². The van der Waals surface area contributed by atoms with Crippen LogP contribution >= 0.6 is 30.3 Å². The average Bonchev–Trinajstić information content (AvgIpc) is 2.55. The highest BCUT2D eigenvalue weighted by atomic mass is 127. The number of benzene rings is 1. The smallest absolute Gasteiger partial charge is 0.0688 e. The molecule has 1 heterocycles. The van der Waals surface area contributed by atoms with Gasteiger partial charge in [-0.2, -0.15) is 0 Å². The van der Waals surface area contributed by atoms with Crippen LogP contribution in [0.1, 0.15) is 11.1 Å². The molecule has 2 rings (SSSR count). The van der Waals surface area contributed by atoms with Crippen molar-refractivity contribution < 1.29 is 5.11 Å². The first kappa shape index (κ1) is 10.3. The van der Waals surface area contributed by atoms with Gasteiger partial charge in [0.05, 0.1) is 12.1 Å². The van der Waals surface area contributed by atoms with E-state index in [-0.39, 0.29) is 6.61 Å². The molecule has 0 aliphatic rings. The Morgan fingerprint density at radius 3 is 2.93 bits per heavy atom. The van der Waals surface area contributed by atoms with E-state index in [1.165, 1.54) is 16.5 Å². The molecule has 0 saturated heterocycles. The van der Waals surface area contributed by atoms with Crippen LogP contribution in [0.15, 0.2) is 24.4 Å². The minimum Gasteiger partial charge on any atom is -0.392 e. The van der Waals surface area contributed by atoms with E-state index in [9.17, 15) is 5.11 Å². The zero-order valence-electron chi connectivity index (χ0n) is 7.70. The number of aromatic nitrogens is 1. The summed E-state index contributed by atoms with van der Waals surface area (Å²) in [6, 6.07) is 6.03. The largest absolute Gasteiger partial charge is 0.392 e.